The van der Waals surface area contributed by atoms with Crippen LogP contribution in [0.25, 0.3) is 0 Å². The number of rotatable bonds is 5. The first-order valence-corrected chi connectivity index (χ1v) is 7.95. The first-order valence-electron chi connectivity index (χ1n) is 6.13. The number of hydrogen-bond acceptors (Lipinski definition) is 7. The minimum atomic E-state index is -4.72. The third-order valence-electron chi connectivity index (χ3n) is 2.37. The van der Waals surface area contributed by atoms with Crippen LogP contribution in [0.4, 0.5) is 4.79 Å². The smallest absolute Gasteiger partial charge is 0.448 e. The molecule has 0 fully saturated rings. The number of carbonyl (C=O) groups is 2. The lowest BCUT2D eigenvalue weighted by atomic mass is 10.2. The van der Waals surface area contributed by atoms with Gasteiger partial charge in [0, 0.05) is 5.02 Å². The Bertz CT molecular complexity index is 674. The number of nitrogens with zero attached hydrogens (tertiary/aromatic N) is 1. The number of ether oxygens (including phenoxy) is 2. The first-order chi connectivity index (χ1) is 10.3. The van der Waals surface area contributed by atoms with Gasteiger partial charge in [-0.25, -0.2) is 9.59 Å². The van der Waals surface area contributed by atoms with Gasteiger partial charge in [0.15, 0.2) is 0 Å². The van der Waals surface area contributed by atoms with Gasteiger partial charge in [0.1, 0.15) is 4.90 Å². The van der Waals surface area contributed by atoms with Gasteiger partial charge >= 0.3 is 12.1 Å². The zero-order valence-electron chi connectivity index (χ0n) is 11.8. The van der Waals surface area contributed by atoms with Crippen molar-refractivity contribution in [3.63, 3.8) is 0 Å². The summed E-state index contributed by atoms with van der Waals surface area (Å²) in [4.78, 5) is 22.6. The molecule has 0 aliphatic carbocycles. The van der Waals surface area contributed by atoms with Crippen LogP contribution in [0, 0.1) is 0 Å². The van der Waals surface area contributed by atoms with E-state index in [1.807, 2.05) is 0 Å². The van der Waals surface area contributed by atoms with E-state index < -0.39 is 37.0 Å². The van der Waals surface area contributed by atoms with E-state index in [2.05, 4.69) is 4.74 Å². The summed E-state index contributed by atoms with van der Waals surface area (Å²) in [6, 6.07) is 3.23. The van der Waals surface area contributed by atoms with Crippen molar-refractivity contribution in [2.45, 2.75) is 18.7 Å². The molecule has 22 heavy (non-hydrogen) atoms. The third-order valence-corrected chi connectivity index (χ3v) is 4.12. The van der Waals surface area contributed by atoms with Gasteiger partial charge in [-0.3, -0.25) is 5.21 Å². The van der Waals surface area contributed by atoms with Gasteiger partial charge in [0.05, 0.1) is 18.8 Å². The van der Waals surface area contributed by atoms with Crippen molar-refractivity contribution in [1.82, 2.24) is 4.47 Å². The van der Waals surface area contributed by atoms with E-state index in [1.165, 1.54) is 19.9 Å². The lowest BCUT2D eigenvalue weighted by molar-refractivity contribution is -0.000914. The number of esters is 1. The quantitative estimate of drug-likeness (QED) is 0.491. The number of benzene rings is 1. The molecule has 0 aromatic heterocycles. The van der Waals surface area contributed by atoms with E-state index in [-0.39, 0.29) is 18.2 Å². The van der Waals surface area contributed by atoms with Crippen molar-refractivity contribution >= 4 is 33.7 Å². The Morgan fingerprint density at radius 2 is 1.82 bits per heavy atom. The van der Waals surface area contributed by atoms with E-state index in [0.717, 1.165) is 12.1 Å². The maximum absolute atomic E-state index is 12.2. The monoisotopic (exact) mass is 351 g/mol. The number of hydroxylamine groups is 1. The van der Waals surface area contributed by atoms with Crippen LogP contribution >= 0.6 is 11.6 Å². The van der Waals surface area contributed by atoms with Gasteiger partial charge in [-0.2, -0.15) is 8.42 Å². The lowest BCUT2D eigenvalue weighted by Crippen LogP contribution is -2.35. The molecular weight excluding hydrogens is 338 g/mol. The molecule has 0 spiro atoms. The summed E-state index contributed by atoms with van der Waals surface area (Å²) in [6.45, 7) is 2.83. The van der Waals surface area contributed by atoms with E-state index in [9.17, 15) is 23.2 Å². The Morgan fingerprint density at radius 1 is 1.23 bits per heavy atom. The van der Waals surface area contributed by atoms with Crippen LogP contribution in [0.1, 0.15) is 24.2 Å². The average molecular weight is 352 g/mol. The van der Waals surface area contributed by atoms with Crippen molar-refractivity contribution in [2.75, 3.05) is 13.2 Å². The maximum Gasteiger partial charge on any atom is 0.448 e. The van der Waals surface area contributed by atoms with Crippen LogP contribution in [0.2, 0.25) is 5.02 Å². The first kappa shape index (κ1) is 18.2. The number of amides is 1. The highest BCUT2D eigenvalue weighted by Crippen LogP contribution is 2.24. The van der Waals surface area contributed by atoms with Crippen LogP contribution in [-0.2, 0) is 19.5 Å². The van der Waals surface area contributed by atoms with Crippen LogP contribution in [0.3, 0.4) is 0 Å². The minimum absolute atomic E-state index is 0.00551. The molecule has 0 unspecified atom stereocenters. The molecule has 1 amide bonds. The third kappa shape index (κ3) is 3.87. The van der Waals surface area contributed by atoms with Gasteiger partial charge < -0.3 is 9.47 Å². The Hall–Kier alpha value is -1.84. The fourth-order valence-corrected chi connectivity index (χ4v) is 2.73. The number of sulfonamides is 1. The fourth-order valence-electron chi connectivity index (χ4n) is 1.47. The lowest BCUT2D eigenvalue weighted by Gasteiger charge is -2.16. The Labute approximate surface area is 132 Å². The molecule has 0 aliphatic heterocycles. The molecule has 0 heterocycles. The number of halogens is 1. The molecular formula is C12H14ClNO7S. The molecule has 1 aromatic rings. The van der Waals surface area contributed by atoms with Crippen molar-refractivity contribution in [2.24, 2.45) is 0 Å². The van der Waals surface area contributed by atoms with Crippen LogP contribution in [0.5, 0.6) is 0 Å². The molecule has 0 radical (unpaired) electrons. The average Bonchev–Trinajstić information content (AvgIpc) is 2.46. The van der Waals surface area contributed by atoms with Crippen molar-refractivity contribution in [1.29, 1.82) is 0 Å². The molecule has 0 atom stereocenters. The summed E-state index contributed by atoms with van der Waals surface area (Å²) in [6.07, 6.45) is -1.49. The summed E-state index contributed by atoms with van der Waals surface area (Å²) < 4.78 is 33.0. The Morgan fingerprint density at radius 3 is 2.36 bits per heavy atom. The number of carbonyl (C=O) groups excluding carboxylic acids is 2. The predicted molar refractivity (Wildman–Crippen MR) is 75.2 cm³/mol. The van der Waals surface area contributed by atoms with E-state index >= 15 is 0 Å². The minimum Gasteiger partial charge on any atom is -0.462 e. The molecule has 0 aliphatic rings. The predicted octanol–water partition coefficient (Wildman–Crippen LogP) is 2.05. The van der Waals surface area contributed by atoms with E-state index in [1.54, 1.807) is 0 Å². The second-order valence-corrected chi connectivity index (χ2v) is 5.98. The summed E-state index contributed by atoms with van der Waals surface area (Å²) in [5.41, 5.74) is -0.405. The summed E-state index contributed by atoms with van der Waals surface area (Å²) >= 11 is 5.73. The summed E-state index contributed by atoms with van der Waals surface area (Å²) in [5, 5.41) is 9.61. The second kappa shape index (κ2) is 7.43. The van der Waals surface area contributed by atoms with Gasteiger partial charge in [0.2, 0.25) is 0 Å². The SMILES string of the molecule is CCOC(=O)c1cc(Cl)ccc1S(=O)(=O)N(O)C(=O)OCC. The Balaban J connectivity index is 3.36. The van der Waals surface area contributed by atoms with Gasteiger partial charge in [-0.15, -0.1) is 0 Å². The summed E-state index contributed by atoms with van der Waals surface area (Å²) in [5.74, 6) is -0.958. The highest BCUT2D eigenvalue weighted by molar-refractivity contribution is 7.89. The molecule has 0 saturated carbocycles. The van der Waals surface area contributed by atoms with Crippen LogP contribution < -0.4 is 0 Å². The molecule has 0 bridgehead atoms. The molecule has 122 valence electrons. The van der Waals surface area contributed by atoms with Crippen molar-refractivity contribution in [3.05, 3.63) is 28.8 Å². The molecule has 0 saturated heterocycles. The van der Waals surface area contributed by atoms with Crippen LogP contribution in [-0.4, -0.2) is 43.4 Å². The van der Waals surface area contributed by atoms with Gasteiger partial charge in [0.25, 0.3) is 10.0 Å². The summed E-state index contributed by atoms with van der Waals surface area (Å²) in [7, 11) is -4.72. The zero-order chi connectivity index (χ0) is 16.9. The van der Waals surface area contributed by atoms with Crippen molar-refractivity contribution in [3.8, 4) is 0 Å². The molecule has 1 aromatic carbocycles. The molecule has 1 N–H and O–H groups in total. The Kier molecular flexibility index (Phi) is 6.15. The maximum atomic E-state index is 12.2. The second-order valence-electron chi connectivity index (χ2n) is 3.81. The van der Waals surface area contributed by atoms with E-state index in [0.29, 0.717) is 0 Å². The van der Waals surface area contributed by atoms with Crippen molar-refractivity contribution < 1.29 is 32.7 Å². The molecule has 8 nitrogen and oxygen atoms in total. The van der Waals surface area contributed by atoms with E-state index in [4.69, 9.17) is 16.3 Å². The highest BCUT2D eigenvalue weighted by Gasteiger charge is 2.33. The van der Waals surface area contributed by atoms with Gasteiger partial charge in [-0.1, -0.05) is 16.1 Å². The molecule has 1 rings (SSSR count). The number of hydrogen-bond donors (Lipinski definition) is 1. The fraction of sp³-hybridized carbons (Fsp3) is 0.333. The molecule has 10 heteroatoms. The normalized spacial score (nSPS) is 10.9. The van der Waals surface area contributed by atoms with Crippen LogP contribution in [0.15, 0.2) is 23.1 Å². The highest BCUT2D eigenvalue weighted by atomic mass is 35.5. The van der Waals surface area contributed by atoms with Gasteiger partial charge in [-0.05, 0) is 32.0 Å². The largest absolute Gasteiger partial charge is 0.462 e. The zero-order valence-corrected chi connectivity index (χ0v) is 13.3. The standard InChI is InChI=1S/C12H14ClNO7S/c1-3-20-11(15)9-7-8(13)5-6-10(9)22(18,19)14(17)12(16)21-4-2/h5-7,17H,3-4H2,1-2H3. The topological polar surface area (TPSA) is 110 Å².